The Morgan fingerprint density at radius 2 is 1.83 bits per heavy atom. The number of methoxy groups -OCH3 is 1. The van der Waals surface area contributed by atoms with Crippen LogP contribution in [0.5, 0.6) is 0 Å². The van der Waals surface area contributed by atoms with E-state index in [4.69, 9.17) is 14.2 Å². The van der Waals surface area contributed by atoms with Crippen molar-refractivity contribution in [3.63, 3.8) is 0 Å². The Morgan fingerprint density at radius 3 is 2.45 bits per heavy atom. The monoisotopic (exact) mass is 419 g/mol. The average molecular weight is 419 g/mol. The van der Waals surface area contributed by atoms with Crippen molar-refractivity contribution in [1.82, 2.24) is 0 Å². The van der Waals surface area contributed by atoms with Gasteiger partial charge in [-0.3, -0.25) is 14.3 Å². The summed E-state index contributed by atoms with van der Waals surface area (Å²) in [6.07, 6.45) is -1.37. The molecule has 0 aromatic heterocycles. The second-order valence-corrected chi connectivity index (χ2v) is 8.64. The van der Waals surface area contributed by atoms with Crippen LogP contribution in [0, 0.1) is 23.0 Å². The van der Waals surface area contributed by atoms with E-state index in [1.165, 1.54) is 7.11 Å². The molecule has 0 bridgehead atoms. The largest absolute Gasteiger partial charge is 0.374 e. The number of hydrogen-bond acceptors (Lipinski definition) is 6. The Labute approximate surface area is 172 Å². The van der Waals surface area contributed by atoms with Crippen molar-refractivity contribution < 1.29 is 23.3 Å². The van der Waals surface area contributed by atoms with E-state index in [-0.39, 0.29) is 13.2 Å². The minimum atomic E-state index is -1.50. The second-order valence-electron chi connectivity index (χ2n) is 7.03. The third-order valence-electron chi connectivity index (χ3n) is 4.93. The first-order chi connectivity index (χ1) is 14.0. The van der Waals surface area contributed by atoms with Crippen LogP contribution in [-0.2, 0) is 31.6 Å². The lowest BCUT2D eigenvalue weighted by Crippen LogP contribution is -2.38. The predicted octanol–water partition coefficient (Wildman–Crippen LogP) is 2.95. The number of nitro groups is 1. The van der Waals surface area contributed by atoms with Crippen molar-refractivity contribution in [2.75, 3.05) is 20.3 Å². The fourth-order valence-corrected chi connectivity index (χ4v) is 5.17. The van der Waals surface area contributed by atoms with Crippen molar-refractivity contribution in [1.29, 1.82) is 0 Å². The van der Waals surface area contributed by atoms with E-state index in [2.05, 4.69) is 0 Å². The number of aryl methyl sites for hydroxylation is 1. The summed E-state index contributed by atoms with van der Waals surface area (Å²) in [4.78, 5) is 11.4. The van der Waals surface area contributed by atoms with E-state index in [9.17, 15) is 14.3 Å². The van der Waals surface area contributed by atoms with Gasteiger partial charge in [-0.2, -0.15) is 0 Å². The Morgan fingerprint density at radius 1 is 1.14 bits per heavy atom. The van der Waals surface area contributed by atoms with Gasteiger partial charge < -0.3 is 14.2 Å². The molecule has 1 heterocycles. The van der Waals surface area contributed by atoms with Gasteiger partial charge in [-0.05, 0) is 24.6 Å². The van der Waals surface area contributed by atoms with E-state index < -0.39 is 39.3 Å². The third-order valence-corrected chi connectivity index (χ3v) is 6.82. The molecule has 0 saturated carbocycles. The third kappa shape index (κ3) is 5.48. The maximum absolute atomic E-state index is 13.4. The molecule has 0 radical (unpaired) electrons. The van der Waals surface area contributed by atoms with Crippen LogP contribution in [0.3, 0.4) is 0 Å². The average Bonchev–Trinajstić information content (AvgIpc) is 3.05. The van der Waals surface area contributed by atoms with Crippen molar-refractivity contribution in [2.24, 2.45) is 5.92 Å². The van der Waals surface area contributed by atoms with Gasteiger partial charge in [-0.25, -0.2) is 0 Å². The normalized spacial score (nSPS) is 25.0. The molecule has 7 nitrogen and oxygen atoms in total. The van der Waals surface area contributed by atoms with Crippen molar-refractivity contribution >= 4 is 10.8 Å². The molecular formula is C21H25NO6S. The fraction of sp³-hybridized carbons (Fsp3) is 0.429. The van der Waals surface area contributed by atoms with Crippen molar-refractivity contribution in [2.45, 2.75) is 36.1 Å². The lowest BCUT2D eigenvalue weighted by atomic mass is 10.0. The summed E-state index contributed by atoms with van der Waals surface area (Å²) in [6.45, 7) is 2.12. The molecule has 8 heteroatoms. The Kier molecular flexibility index (Phi) is 7.49. The van der Waals surface area contributed by atoms with Crippen LogP contribution in [0.2, 0.25) is 0 Å². The van der Waals surface area contributed by atoms with E-state index in [1.54, 1.807) is 12.1 Å². The molecule has 5 atom stereocenters. The topological polar surface area (TPSA) is 87.9 Å². The Bertz CT molecular complexity index is 829. The highest BCUT2D eigenvalue weighted by atomic mass is 32.2. The summed E-state index contributed by atoms with van der Waals surface area (Å²) in [7, 11) is -0.0621. The highest BCUT2D eigenvalue weighted by Crippen LogP contribution is 2.34. The van der Waals surface area contributed by atoms with Gasteiger partial charge in [-0.15, -0.1) is 0 Å². The predicted molar refractivity (Wildman–Crippen MR) is 108 cm³/mol. The summed E-state index contributed by atoms with van der Waals surface area (Å²) in [6, 6.07) is 17.0. The minimum absolute atomic E-state index is 0.172. The van der Waals surface area contributed by atoms with Gasteiger partial charge in [0.15, 0.2) is 6.29 Å². The van der Waals surface area contributed by atoms with Crippen LogP contribution < -0.4 is 0 Å². The molecule has 3 rings (SSSR count). The van der Waals surface area contributed by atoms with E-state index in [1.807, 2.05) is 49.4 Å². The van der Waals surface area contributed by atoms with Crippen LogP contribution in [0.25, 0.3) is 0 Å². The SMILES string of the molecule is CO[C@H]1O[C@H](COCc2ccccc2)[C@@H]([S@](=O)c2ccc(C)cc2)[C@@H]1C[N+](=O)[O-]. The fourth-order valence-electron chi connectivity index (χ4n) is 3.50. The maximum Gasteiger partial charge on any atom is 0.212 e. The van der Waals surface area contributed by atoms with Gasteiger partial charge in [0.05, 0.1) is 41.3 Å². The molecule has 0 N–H and O–H groups in total. The summed E-state index contributed by atoms with van der Waals surface area (Å²) >= 11 is 0. The zero-order valence-electron chi connectivity index (χ0n) is 16.4. The number of nitrogens with zero attached hydrogens (tertiary/aromatic N) is 1. The molecule has 1 aliphatic rings. The lowest BCUT2D eigenvalue weighted by Gasteiger charge is -2.21. The van der Waals surface area contributed by atoms with Crippen LogP contribution in [0.15, 0.2) is 59.5 Å². The minimum Gasteiger partial charge on any atom is -0.374 e. The Balaban J connectivity index is 1.78. The molecule has 1 aliphatic heterocycles. The molecule has 1 saturated heterocycles. The second kappa shape index (κ2) is 10.1. The summed E-state index contributed by atoms with van der Waals surface area (Å²) < 4.78 is 30.4. The van der Waals surface area contributed by atoms with Gasteiger partial charge in [0.1, 0.15) is 0 Å². The Hall–Kier alpha value is -2.13. The maximum atomic E-state index is 13.4. The molecular weight excluding hydrogens is 394 g/mol. The molecule has 156 valence electrons. The quantitative estimate of drug-likeness (QED) is 0.459. The number of hydrogen-bond donors (Lipinski definition) is 0. The first-order valence-corrected chi connectivity index (χ1v) is 10.6. The molecule has 0 amide bonds. The highest BCUT2D eigenvalue weighted by Gasteiger charge is 2.50. The van der Waals surface area contributed by atoms with Gasteiger partial charge in [0, 0.05) is 16.9 Å². The molecule has 29 heavy (non-hydrogen) atoms. The van der Waals surface area contributed by atoms with Crippen molar-refractivity contribution in [3.8, 4) is 0 Å². The van der Waals surface area contributed by atoms with Crippen LogP contribution in [0.1, 0.15) is 11.1 Å². The lowest BCUT2D eigenvalue weighted by molar-refractivity contribution is -0.491. The smallest absolute Gasteiger partial charge is 0.212 e. The summed E-state index contributed by atoms with van der Waals surface area (Å²) in [5.41, 5.74) is 2.06. The van der Waals surface area contributed by atoms with Gasteiger partial charge in [-0.1, -0.05) is 48.0 Å². The van der Waals surface area contributed by atoms with E-state index in [0.717, 1.165) is 11.1 Å². The van der Waals surface area contributed by atoms with Gasteiger partial charge in [0.25, 0.3) is 0 Å². The standard InChI is InChI=1S/C21H25NO6S/c1-15-8-10-17(11-9-15)29(25)20-18(12-22(23)24)21(26-2)28-19(20)14-27-13-16-6-4-3-5-7-16/h3-11,18-21H,12-14H2,1-2H3/t18-,19+,20-,21-,29+/m0/s1. The van der Waals surface area contributed by atoms with Crippen LogP contribution >= 0.6 is 0 Å². The van der Waals surface area contributed by atoms with Gasteiger partial charge in [0.2, 0.25) is 6.54 Å². The molecule has 2 aromatic rings. The van der Waals surface area contributed by atoms with Crippen molar-refractivity contribution in [3.05, 3.63) is 75.8 Å². The zero-order valence-corrected chi connectivity index (χ0v) is 17.2. The molecule has 2 aromatic carbocycles. The first-order valence-electron chi connectivity index (χ1n) is 9.38. The van der Waals surface area contributed by atoms with Gasteiger partial charge >= 0.3 is 0 Å². The molecule has 0 unspecified atom stereocenters. The van der Waals surface area contributed by atoms with E-state index in [0.29, 0.717) is 11.5 Å². The van der Waals surface area contributed by atoms with Crippen LogP contribution in [0.4, 0.5) is 0 Å². The molecule has 0 spiro atoms. The molecule has 1 fully saturated rings. The number of ether oxygens (including phenoxy) is 3. The number of benzene rings is 2. The highest BCUT2D eigenvalue weighted by molar-refractivity contribution is 7.85. The molecule has 0 aliphatic carbocycles. The summed E-state index contributed by atoms with van der Waals surface area (Å²) in [5.74, 6) is -0.637. The number of rotatable bonds is 9. The van der Waals surface area contributed by atoms with Crippen LogP contribution in [-0.4, -0.2) is 47.0 Å². The first kappa shape index (κ1) is 21.6. The van der Waals surface area contributed by atoms with E-state index >= 15 is 0 Å². The summed E-state index contributed by atoms with van der Waals surface area (Å²) in [5, 5.41) is 10.6. The zero-order chi connectivity index (χ0) is 20.8.